The predicted octanol–water partition coefficient (Wildman–Crippen LogP) is 2.75. The first-order valence-electron chi connectivity index (χ1n) is 6.78. The second-order valence-electron chi connectivity index (χ2n) is 4.74. The summed E-state index contributed by atoms with van der Waals surface area (Å²) in [4.78, 5) is 14.3. The van der Waals surface area contributed by atoms with Crippen LogP contribution in [0.2, 0.25) is 0 Å². The van der Waals surface area contributed by atoms with Gasteiger partial charge in [-0.2, -0.15) is 0 Å². The van der Waals surface area contributed by atoms with Gasteiger partial charge >= 0.3 is 6.03 Å². The molecule has 0 aliphatic carbocycles. The fraction of sp³-hybridized carbons (Fsp3) is 0.643. The molecule has 0 bridgehead atoms. The Bertz CT molecular complexity index is 414. The van der Waals surface area contributed by atoms with E-state index in [1.54, 1.807) is 11.3 Å². The number of carbonyl (C=O) groups excluding carboxylic acids is 1. The highest BCUT2D eigenvalue weighted by atomic mass is 32.1. The van der Waals surface area contributed by atoms with Crippen molar-refractivity contribution in [2.75, 3.05) is 6.61 Å². The second-order valence-corrected chi connectivity index (χ2v) is 5.90. The second kappa shape index (κ2) is 7.50. The highest BCUT2D eigenvalue weighted by Crippen LogP contribution is 2.27. The zero-order valence-electron chi connectivity index (χ0n) is 12.1. The van der Waals surface area contributed by atoms with E-state index in [4.69, 9.17) is 5.11 Å². The van der Waals surface area contributed by atoms with Crippen LogP contribution in [0.5, 0.6) is 0 Å². The van der Waals surface area contributed by atoms with Gasteiger partial charge in [0.2, 0.25) is 0 Å². The Morgan fingerprint density at radius 3 is 2.58 bits per heavy atom. The smallest absolute Gasteiger partial charge is 0.315 e. The third-order valence-electron chi connectivity index (χ3n) is 3.18. The summed E-state index contributed by atoms with van der Waals surface area (Å²) >= 11 is 1.75. The largest absolute Gasteiger partial charge is 0.394 e. The molecule has 0 aliphatic rings. The zero-order chi connectivity index (χ0) is 14.4. The molecule has 19 heavy (non-hydrogen) atoms. The van der Waals surface area contributed by atoms with Gasteiger partial charge in [0.15, 0.2) is 0 Å². The number of aryl methyl sites for hydroxylation is 2. The molecule has 0 saturated heterocycles. The number of aliphatic hydroxyl groups is 1. The predicted molar refractivity (Wildman–Crippen MR) is 79.7 cm³/mol. The number of carbonyl (C=O) groups is 1. The molecule has 2 atom stereocenters. The monoisotopic (exact) mass is 284 g/mol. The first kappa shape index (κ1) is 16.0. The summed E-state index contributed by atoms with van der Waals surface area (Å²) in [5.74, 6) is 0. The summed E-state index contributed by atoms with van der Waals surface area (Å²) < 4.78 is 0. The maximum Gasteiger partial charge on any atom is 0.315 e. The minimum absolute atomic E-state index is 0.0137. The number of thiophene rings is 1. The van der Waals surface area contributed by atoms with E-state index in [1.165, 1.54) is 15.3 Å². The molecule has 1 rings (SSSR count). The van der Waals surface area contributed by atoms with Crippen molar-refractivity contribution < 1.29 is 9.90 Å². The highest BCUT2D eigenvalue weighted by Gasteiger charge is 2.15. The standard InChI is InChI=1S/C14H24N2O2S/c1-5-11(8-17)16-14(18)15-10(4)13-7-9(3)12(6-2)19-13/h7,10-11,17H,5-6,8H2,1-4H3,(H2,15,16,18)/t10-,11-/m0/s1. The first-order valence-corrected chi connectivity index (χ1v) is 7.60. The molecule has 0 spiro atoms. The molecule has 5 heteroatoms. The summed E-state index contributed by atoms with van der Waals surface area (Å²) in [6.07, 6.45) is 1.74. The van der Waals surface area contributed by atoms with Gasteiger partial charge in [-0.25, -0.2) is 4.79 Å². The van der Waals surface area contributed by atoms with Crippen molar-refractivity contribution in [3.8, 4) is 0 Å². The Hall–Kier alpha value is -1.07. The van der Waals surface area contributed by atoms with Gasteiger partial charge in [-0.05, 0) is 38.3 Å². The third-order valence-corrected chi connectivity index (χ3v) is 4.75. The number of hydrogen-bond acceptors (Lipinski definition) is 3. The fourth-order valence-electron chi connectivity index (χ4n) is 1.88. The number of rotatable bonds is 6. The highest BCUT2D eigenvalue weighted by molar-refractivity contribution is 7.12. The van der Waals surface area contributed by atoms with Crippen LogP contribution in [0, 0.1) is 6.92 Å². The molecule has 108 valence electrons. The van der Waals surface area contributed by atoms with Crippen LogP contribution in [0.15, 0.2) is 6.07 Å². The van der Waals surface area contributed by atoms with E-state index in [-0.39, 0.29) is 24.7 Å². The summed E-state index contributed by atoms with van der Waals surface area (Å²) in [6.45, 7) is 8.12. The number of amides is 2. The number of aliphatic hydroxyl groups excluding tert-OH is 1. The molecule has 0 aliphatic heterocycles. The van der Waals surface area contributed by atoms with Gasteiger partial charge in [0, 0.05) is 9.75 Å². The van der Waals surface area contributed by atoms with Crippen molar-refractivity contribution in [2.24, 2.45) is 0 Å². The lowest BCUT2D eigenvalue weighted by atomic mass is 10.2. The minimum atomic E-state index is -0.225. The van der Waals surface area contributed by atoms with E-state index in [9.17, 15) is 4.79 Å². The Balaban J connectivity index is 2.58. The number of nitrogens with one attached hydrogen (secondary N) is 2. The van der Waals surface area contributed by atoms with Crippen molar-refractivity contribution in [3.63, 3.8) is 0 Å². The third kappa shape index (κ3) is 4.51. The van der Waals surface area contributed by atoms with Crippen LogP contribution in [0.1, 0.15) is 48.6 Å². The molecule has 0 fully saturated rings. The fourth-order valence-corrected chi connectivity index (χ4v) is 3.00. The van der Waals surface area contributed by atoms with Crippen LogP contribution < -0.4 is 10.6 Å². The van der Waals surface area contributed by atoms with E-state index in [2.05, 4.69) is 30.5 Å². The summed E-state index contributed by atoms with van der Waals surface area (Å²) in [5, 5.41) is 14.7. The molecule has 1 aromatic rings. The van der Waals surface area contributed by atoms with Crippen LogP contribution in [-0.2, 0) is 6.42 Å². The van der Waals surface area contributed by atoms with Crippen LogP contribution in [0.3, 0.4) is 0 Å². The minimum Gasteiger partial charge on any atom is -0.394 e. The van der Waals surface area contributed by atoms with Gasteiger partial charge in [-0.15, -0.1) is 11.3 Å². The van der Waals surface area contributed by atoms with Crippen LogP contribution in [-0.4, -0.2) is 23.8 Å². The number of urea groups is 1. The lowest BCUT2D eigenvalue weighted by Crippen LogP contribution is -2.44. The van der Waals surface area contributed by atoms with Gasteiger partial charge < -0.3 is 15.7 Å². The normalized spacial score (nSPS) is 13.9. The Labute approximate surface area is 119 Å². The molecule has 1 heterocycles. The lowest BCUT2D eigenvalue weighted by Gasteiger charge is -2.17. The van der Waals surface area contributed by atoms with Gasteiger partial charge in [-0.1, -0.05) is 13.8 Å². The van der Waals surface area contributed by atoms with Gasteiger partial charge in [-0.3, -0.25) is 0 Å². The molecule has 3 N–H and O–H groups in total. The van der Waals surface area contributed by atoms with Crippen molar-refractivity contribution in [2.45, 2.75) is 52.6 Å². The van der Waals surface area contributed by atoms with Gasteiger partial charge in [0.25, 0.3) is 0 Å². The topological polar surface area (TPSA) is 61.4 Å². The van der Waals surface area contributed by atoms with Crippen LogP contribution >= 0.6 is 11.3 Å². The van der Waals surface area contributed by atoms with Crippen molar-refractivity contribution in [1.82, 2.24) is 10.6 Å². The molecular formula is C14H24N2O2S. The van der Waals surface area contributed by atoms with Crippen molar-refractivity contribution >= 4 is 17.4 Å². The van der Waals surface area contributed by atoms with Crippen molar-refractivity contribution in [1.29, 1.82) is 0 Å². The average Bonchev–Trinajstić information content (AvgIpc) is 2.77. The van der Waals surface area contributed by atoms with E-state index >= 15 is 0 Å². The Kier molecular flexibility index (Phi) is 6.31. The molecule has 0 saturated carbocycles. The summed E-state index contributed by atoms with van der Waals surface area (Å²) in [7, 11) is 0. The molecule has 0 unspecified atom stereocenters. The Morgan fingerprint density at radius 2 is 2.11 bits per heavy atom. The quantitative estimate of drug-likeness (QED) is 0.752. The van der Waals surface area contributed by atoms with Gasteiger partial charge in [0.05, 0.1) is 18.7 Å². The van der Waals surface area contributed by atoms with E-state index in [0.717, 1.165) is 12.8 Å². The van der Waals surface area contributed by atoms with E-state index < -0.39 is 0 Å². The Morgan fingerprint density at radius 1 is 1.42 bits per heavy atom. The number of hydrogen-bond donors (Lipinski definition) is 3. The summed E-state index contributed by atoms with van der Waals surface area (Å²) in [6, 6.07) is 1.72. The molecule has 1 aromatic heterocycles. The lowest BCUT2D eigenvalue weighted by molar-refractivity contribution is 0.212. The van der Waals surface area contributed by atoms with E-state index in [1.807, 2.05) is 13.8 Å². The average molecular weight is 284 g/mol. The molecule has 0 aromatic carbocycles. The zero-order valence-corrected chi connectivity index (χ0v) is 12.9. The maximum absolute atomic E-state index is 11.8. The molecule has 4 nitrogen and oxygen atoms in total. The van der Waals surface area contributed by atoms with Crippen LogP contribution in [0.4, 0.5) is 4.79 Å². The van der Waals surface area contributed by atoms with Gasteiger partial charge in [0.1, 0.15) is 0 Å². The molecule has 0 radical (unpaired) electrons. The van der Waals surface area contributed by atoms with Crippen molar-refractivity contribution in [3.05, 3.63) is 21.4 Å². The molecule has 2 amide bonds. The van der Waals surface area contributed by atoms with Crippen LogP contribution in [0.25, 0.3) is 0 Å². The summed E-state index contributed by atoms with van der Waals surface area (Å²) in [5.41, 5.74) is 1.29. The maximum atomic E-state index is 11.8. The van der Waals surface area contributed by atoms with E-state index in [0.29, 0.717) is 0 Å². The molecular weight excluding hydrogens is 260 g/mol. The SMILES string of the molecule is CCc1sc([C@H](C)NC(=O)N[C@@H](CC)CO)cc1C. The first-order chi connectivity index (χ1) is 9.01.